The lowest BCUT2D eigenvalue weighted by Crippen LogP contribution is -2.51. The van der Waals surface area contributed by atoms with Crippen LogP contribution < -0.4 is 0 Å². The largest absolute Gasteiger partial charge is 0.406 e. The van der Waals surface area contributed by atoms with E-state index in [9.17, 15) is 30.7 Å². The molecule has 2 heterocycles. The molecule has 9 heteroatoms. The van der Waals surface area contributed by atoms with Crippen molar-refractivity contribution in [3.05, 3.63) is 88.5 Å². The van der Waals surface area contributed by atoms with Crippen molar-refractivity contribution in [2.75, 3.05) is 13.1 Å². The van der Waals surface area contributed by atoms with E-state index in [2.05, 4.69) is 16.0 Å². The zero-order valence-electron chi connectivity index (χ0n) is 21.7. The molecule has 0 radical (unpaired) electrons. The van der Waals surface area contributed by atoms with E-state index in [0.29, 0.717) is 24.2 Å². The highest BCUT2D eigenvalue weighted by molar-refractivity contribution is 5.65. The van der Waals surface area contributed by atoms with Crippen LogP contribution in [-0.2, 0) is 24.8 Å². The van der Waals surface area contributed by atoms with Crippen LogP contribution in [-0.4, -0.2) is 35.3 Å². The summed E-state index contributed by atoms with van der Waals surface area (Å²) in [6.07, 6.45) is -4.93. The molecule has 0 bridgehead atoms. The average Bonchev–Trinajstić information content (AvgIpc) is 3.21. The summed E-state index contributed by atoms with van der Waals surface area (Å²) in [5.41, 5.74) is 0.0751. The van der Waals surface area contributed by atoms with Crippen molar-refractivity contribution in [1.29, 1.82) is 0 Å². The van der Waals surface area contributed by atoms with Crippen LogP contribution in [0.4, 0.5) is 30.7 Å². The molecular weight excluding hydrogens is 521 g/mol. The molecule has 2 nitrogen and oxygen atoms in total. The SMILES string of the molecule is Cc1cc2c(cn1)CC1(CCN(Cc3ccc(-c4ccc(C(C)(C(F)(F)F)C(F)(F)F)cc4F)cc3)CC1)C2. The minimum atomic E-state index is -5.63. The molecule has 208 valence electrons. The summed E-state index contributed by atoms with van der Waals surface area (Å²) in [4.78, 5) is 6.82. The van der Waals surface area contributed by atoms with Crippen molar-refractivity contribution in [2.24, 2.45) is 5.41 Å². The highest BCUT2D eigenvalue weighted by atomic mass is 19.4. The van der Waals surface area contributed by atoms with Crippen molar-refractivity contribution in [3.8, 4) is 11.1 Å². The number of pyridine rings is 1. The van der Waals surface area contributed by atoms with Gasteiger partial charge in [-0.1, -0.05) is 36.4 Å². The number of hydrogen-bond acceptors (Lipinski definition) is 2. The van der Waals surface area contributed by atoms with E-state index in [0.717, 1.165) is 56.1 Å². The molecule has 0 N–H and O–H groups in total. The van der Waals surface area contributed by atoms with E-state index in [1.165, 1.54) is 11.1 Å². The molecule has 2 aromatic carbocycles. The summed E-state index contributed by atoms with van der Waals surface area (Å²) >= 11 is 0. The Morgan fingerprint density at radius 2 is 1.46 bits per heavy atom. The maximum Gasteiger partial charge on any atom is 0.406 e. The van der Waals surface area contributed by atoms with Gasteiger partial charge in [-0.05, 0) is 98.0 Å². The summed E-state index contributed by atoms with van der Waals surface area (Å²) in [6, 6.07) is 11.2. The number of piperidine rings is 1. The number of alkyl halides is 6. The molecule has 1 aliphatic carbocycles. The number of benzene rings is 2. The van der Waals surface area contributed by atoms with Crippen LogP contribution in [0.25, 0.3) is 11.1 Å². The molecule has 3 aromatic rings. The first-order valence-corrected chi connectivity index (χ1v) is 12.9. The Hall–Kier alpha value is -2.94. The second-order valence-corrected chi connectivity index (χ2v) is 11.2. The Morgan fingerprint density at radius 1 is 0.846 bits per heavy atom. The van der Waals surface area contributed by atoms with Gasteiger partial charge in [0.05, 0.1) is 0 Å². The third-order valence-corrected chi connectivity index (χ3v) is 8.62. The first-order valence-electron chi connectivity index (χ1n) is 12.9. The van der Waals surface area contributed by atoms with Gasteiger partial charge >= 0.3 is 12.4 Å². The van der Waals surface area contributed by atoms with Gasteiger partial charge < -0.3 is 0 Å². The average molecular weight is 551 g/mol. The molecule has 1 saturated heterocycles. The molecule has 1 spiro atoms. The number of aryl methyl sites for hydroxylation is 1. The summed E-state index contributed by atoms with van der Waals surface area (Å²) in [5.74, 6) is -1.13. The van der Waals surface area contributed by atoms with Crippen molar-refractivity contribution in [2.45, 2.75) is 63.8 Å². The summed E-state index contributed by atoms with van der Waals surface area (Å²) in [5, 5.41) is 0. The third kappa shape index (κ3) is 5.06. The Kier molecular flexibility index (Phi) is 6.81. The van der Waals surface area contributed by atoms with E-state index in [1.807, 2.05) is 25.3 Å². The standard InChI is InChI=1S/C30H29F7N2/c1-19-13-22-15-28(16-23(22)17-38-19)9-11-39(12-10-28)18-20-3-5-21(6-4-20)25-8-7-24(14-26(25)31)27(2,29(32,33)34)30(35,36)37/h3-8,13-14,17H,9-12,15-16,18H2,1-2H3. The topological polar surface area (TPSA) is 16.1 Å². The molecule has 39 heavy (non-hydrogen) atoms. The monoisotopic (exact) mass is 550 g/mol. The summed E-state index contributed by atoms with van der Waals surface area (Å²) in [6.45, 7) is 4.66. The van der Waals surface area contributed by atoms with Gasteiger partial charge in [0.1, 0.15) is 5.82 Å². The third-order valence-electron chi connectivity index (χ3n) is 8.62. The number of aromatic nitrogens is 1. The fraction of sp³-hybridized carbons (Fsp3) is 0.433. The molecule has 0 atom stereocenters. The van der Waals surface area contributed by atoms with Gasteiger partial charge in [-0.2, -0.15) is 26.3 Å². The molecule has 1 aliphatic heterocycles. The van der Waals surface area contributed by atoms with Gasteiger partial charge in [-0.25, -0.2) is 4.39 Å². The molecule has 0 saturated carbocycles. The Bertz CT molecular complexity index is 1340. The van der Waals surface area contributed by atoms with Crippen LogP contribution in [0.1, 0.15) is 47.7 Å². The van der Waals surface area contributed by atoms with E-state index in [-0.39, 0.29) is 17.9 Å². The Balaban J connectivity index is 1.25. The predicted molar refractivity (Wildman–Crippen MR) is 135 cm³/mol. The molecule has 1 aromatic heterocycles. The van der Waals surface area contributed by atoms with Crippen molar-refractivity contribution in [1.82, 2.24) is 9.88 Å². The zero-order chi connectivity index (χ0) is 28.2. The molecule has 2 aliphatic rings. The van der Waals surface area contributed by atoms with Crippen LogP contribution in [0.5, 0.6) is 0 Å². The maximum atomic E-state index is 14.8. The van der Waals surface area contributed by atoms with Crippen molar-refractivity contribution >= 4 is 0 Å². The van der Waals surface area contributed by atoms with Crippen LogP contribution in [0.15, 0.2) is 54.7 Å². The normalized spacial score (nSPS) is 18.0. The van der Waals surface area contributed by atoms with E-state index >= 15 is 0 Å². The molecule has 0 unspecified atom stereocenters. The van der Waals surface area contributed by atoms with Gasteiger partial charge in [0.15, 0.2) is 5.41 Å². The number of fused-ring (bicyclic) bond motifs is 1. The molecule has 5 rings (SSSR count). The number of halogens is 7. The lowest BCUT2D eigenvalue weighted by atomic mass is 9.76. The lowest BCUT2D eigenvalue weighted by molar-refractivity contribution is -0.297. The first-order chi connectivity index (χ1) is 18.2. The van der Waals surface area contributed by atoms with Crippen molar-refractivity contribution < 1.29 is 30.7 Å². The van der Waals surface area contributed by atoms with Gasteiger partial charge in [-0.3, -0.25) is 9.88 Å². The van der Waals surface area contributed by atoms with E-state index < -0.39 is 29.1 Å². The second-order valence-electron chi connectivity index (χ2n) is 11.2. The quantitative estimate of drug-likeness (QED) is 0.307. The highest BCUT2D eigenvalue weighted by Crippen LogP contribution is 2.52. The van der Waals surface area contributed by atoms with E-state index in [1.54, 1.807) is 12.1 Å². The smallest absolute Gasteiger partial charge is 0.299 e. The highest BCUT2D eigenvalue weighted by Gasteiger charge is 2.68. The van der Waals surface area contributed by atoms with Crippen LogP contribution in [0.3, 0.4) is 0 Å². The molecule has 1 fully saturated rings. The number of hydrogen-bond donors (Lipinski definition) is 0. The van der Waals surface area contributed by atoms with Gasteiger partial charge in [0.2, 0.25) is 0 Å². The zero-order valence-corrected chi connectivity index (χ0v) is 21.7. The van der Waals surface area contributed by atoms with Crippen molar-refractivity contribution in [3.63, 3.8) is 0 Å². The Morgan fingerprint density at radius 3 is 2.05 bits per heavy atom. The van der Waals surface area contributed by atoms with E-state index in [4.69, 9.17) is 0 Å². The molecule has 0 amide bonds. The van der Waals surface area contributed by atoms with Crippen LogP contribution >= 0.6 is 0 Å². The first kappa shape index (κ1) is 27.6. The fourth-order valence-corrected chi connectivity index (χ4v) is 5.97. The summed E-state index contributed by atoms with van der Waals surface area (Å²) in [7, 11) is 0. The van der Waals surface area contributed by atoms with Gasteiger partial charge in [0.25, 0.3) is 0 Å². The lowest BCUT2D eigenvalue weighted by Gasteiger charge is -2.39. The summed E-state index contributed by atoms with van der Waals surface area (Å²) < 4.78 is 95.2. The number of likely N-dealkylation sites (tertiary alicyclic amines) is 1. The second kappa shape index (κ2) is 9.61. The number of rotatable bonds is 4. The fourth-order valence-electron chi connectivity index (χ4n) is 5.97. The number of nitrogens with zero attached hydrogens (tertiary/aromatic N) is 2. The Labute approximate surface area is 222 Å². The minimum absolute atomic E-state index is 0.0301. The molecular formula is C30H29F7N2. The van der Waals surface area contributed by atoms with Gasteiger partial charge in [-0.15, -0.1) is 0 Å². The minimum Gasteiger partial charge on any atom is -0.299 e. The van der Waals surface area contributed by atoms with Crippen LogP contribution in [0, 0.1) is 18.2 Å². The maximum absolute atomic E-state index is 14.8. The van der Waals surface area contributed by atoms with Gasteiger partial charge in [0, 0.05) is 24.0 Å². The predicted octanol–water partition coefficient (Wildman–Crippen LogP) is 7.96. The van der Waals surface area contributed by atoms with Crippen LogP contribution in [0.2, 0.25) is 0 Å².